The highest BCUT2D eigenvalue weighted by Crippen LogP contribution is 2.09. The van der Waals surface area contributed by atoms with E-state index in [9.17, 15) is 9.59 Å². The number of carbonyl (C=O) groups is 2. The molecule has 6 nitrogen and oxygen atoms in total. The predicted octanol–water partition coefficient (Wildman–Crippen LogP) is 0.838. The fourth-order valence-electron chi connectivity index (χ4n) is 1.69. The van der Waals surface area contributed by atoms with Crippen molar-refractivity contribution < 1.29 is 19.4 Å². The Morgan fingerprint density at radius 3 is 2.83 bits per heavy atom. The SMILES string of the molecule is COCCC(NC(=O)N1CC=C(C)CC1)C(=O)O. The Hall–Kier alpha value is -1.56. The van der Waals surface area contributed by atoms with Crippen molar-refractivity contribution in [2.24, 2.45) is 0 Å². The van der Waals surface area contributed by atoms with Gasteiger partial charge in [-0.3, -0.25) is 0 Å². The number of methoxy groups -OCH3 is 1. The van der Waals surface area contributed by atoms with Crippen LogP contribution in [0.4, 0.5) is 4.79 Å². The molecule has 0 fully saturated rings. The molecule has 18 heavy (non-hydrogen) atoms. The van der Waals surface area contributed by atoms with Gasteiger partial charge in [-0.15, -0.1) is 0 Å². The first kappa shape index (κ1) is 14.5. The van der Waals surface area contributed by atoms with Gasteiger partial charge in [0.2, 0.25) is 0 Å². The lowest BCUT2D eigenvalue weighted by Crippen LogP contribution is -2.49. The molecule has 1 rings (SSSR count). The number of ether oxygens (including phenoxy) is 1. The van der Waals surface area contributed by atoms with E-state index in [4.69, 9.17) is 9.84 Å². The Morgan fingerprint density at radius 1 is 1.61 bits per heavy atom. The van der Waals surface area contributed by atoms with E-state index < -0.39 is 12.0 Å². The Balaban J connectivity index is 2.48. The molecular formula is C12H20N2O4. The van der Waals surface area contributed by atoms with Gasteiger partial charge in [0.25, 0.3) is 0 Å². The van der Waals surface area contributed by atoms with Crippen molar-refractivity contribution in [2.75, 3.05) is 26.8 Å². The molecule has 6 heteroatoms. The molecule has 0 saturated carbocycles. The zero-order valence-electron chi connectivity index (χ0n) is 10.8. The molecule has 1 heterocycles. The van der Waals surface area contributed by atoms with E-state index in [-0.39, 0.29) is 12.5 Å². The highest BCUT2D eigenvalue weighted by Gasteiger charge is 2.23. The fourth-order valence-corrected chi connectivity index (χ4v) is 1.69. The maximum atomic E-state index is 11.9. The second-order valence-corrected chi connectivity index (χ2v) is 4.37. The van der Waals surface area contributed by atoms with Crippen LogP contribution >= 0.6 is 0 Å². The average molecular weight is 256 g/mol. The van der Waals surface area contributed by atoms with Gasteiger partial charge < -0.3 is 20.1 Å². The molecule has 0 aromatic carbocycles. The van der Waals surface area contributed by atoms with Gasteiger partial charge in [-0.25, -0.2) is 9.59 Å². The third-order valence-electron chi connectivity index (χ3n) is 2.93. The first-order valence-electron chi connectivity index (χ1n) is 5.97. The number of hydrogen-bond donors (Lipinski definition) is 2. The summed E-state index contributed by atoms with van der Waals surface area (Å²) in [5.41, 5.74) is 1.26. The van der Waals surface area contributed by atoms with E-state index >= 15 is 0 Å². The number of aliphatic carboxylic acids is 1. The molecule has 1 atom stereocenters. The molecule has 1 aliphatic rings. The first-order chi connectivity index (χ1) is 8.54. The monoisotopic (exact) mass is 256 g/mol. The summed E-state index contributed by atoms with van der Waals surface area (Å²) in [7, 11) is 1.50. The number of urea groups is 1. The summed E-state index contributed by atoms with van der Waals surface area (Å²) in [4.78, 5) is 24.4. The fraction of sp³-hybridized carbons (Fsp3) is 0.667. The second kappa shape index (κ2) is 7.00. The maximum absolute atomic E-state index is 11.9. The van der Waals surface area contributed by atoms with Crippen LogP contribution in [-0.2, 0) is 9.53 Å². The third-order valence-corrected chi connectivity index (χ3v) is 2.93. The van der Waals surface area contributed by atoms with E-state index in [1.54, 1.807) is 4.90 Å². The number of carbonyl (C=O) groups excluding carboxylic acids is 1. The normalized spacial score (nSPS) is 17.0. The zero-order chi connectivity index (χ0) is 13.5. The zero-order valence-corrected chi connectivity index (χ0v) is 10.8. The number of nitrogens with one attached hydrogen (secondary N) is 1. The van der Waals surface area contributed by atoms with Gasteiger partial charge in [-0.1, -0.05) is 11.6 Å². The van der Waals surface area contributed by atoms with Crippen molar-refractivity contribution in [1.29, 1.82) is 0 Å². The number of nitrogens with zero attached hydrogens (tertiary/aromatic N) is 1. The van der Waals surface area contributed by atoms with E-state index in [2.05, 4.69) is 5.32 Å². The average Bonchev–Trinajstić information content (AvgIpc) is 2.34. The number of carboxylic acids is 1. The van der Waals surface area contributed by atoms with Gasteiger partial charge in [0, 0.05) is 33.2 Å². The standard InChI is InChI=1S/C12H20N2O4/c1-9-3-6-14(7-4-9)12(17)13-10(11(15)16)5-8-18-2/h3,10H,4-8H2,1-2H3,(H,13,17)(H,15,16). The number of rotatable bonds is 5. The summed E-state index contributed by atoms with van der Waals surface area (Å²) in [6.45, 7) is 3.49. The topological polar surface area (TPSA) is 78.9 Å². The molecule has 0 bridgehead atoms. The van der Waals surface area contributed by atoms with Crippen molar-refractivity contribution in [3.8, 4) is 0 Å². The van der Waals surface area contributed by atoms with Crippen LogP contribution in [0.25, 0.3) is 0 Å². The molecule has 102 valence electrons. The van der Waals surface area contributed by atoms with Crippen LogP contribution in [0.3, 0.4) is 0 Å². The summed E-state index contributed by atoms with van der Waals surface area (Å²) in [6.07, 6.45) is 3.08. The van der Waals surface area contributed by atoms with Crippen molar-refractivity contribution in [3.63, 3.8) is 0 Å². The molecule has 0 aromatic rings. The van der Waals surface area contributed by atoms with Crippen molar-refractivity contribution >= 4 is 12.0 Å². The van der Waals surface area contributed by atoms with E-state index in [0.717, 1.165) is 6.42 Å². The Bertz CT molecular complexity index is 341. The summed E-state index contributed by atoms with van der Waals surface area (Å²) in [5, 5.41) is 11.5. The van der Waals surface area contributed by atoms with Crippen LogP contribution in [0.1, 0.15) is 19.8 Å². The van der Waals surface area contributed by atoms with Crippen molar-refractivity contribution in [1.82, 2.24) is 10.2 Å². The quantitative estimate of drug-likeness (QED) is 0.714. The van der Waals surface area contributed by atoms with Gasteiger partial charge >= 0.3 is 12.0 Å². The van der Waals surface area contributed by atoms with E-state index in [1.807, 2.05) is 13.0 Å². The Labute approximate surface area is 107 Å². The molecule has 1 unspecified atom stereocenters. The minimum atomic E-state index is -1.04. The number of hydrogen-bond acceptors (Lipinski definition) is 3. The van der Waals surface area contributed by atoms with Gasteiger partial charge in [-0.2, -0.15) is 0 Å². The number of amides is 2. The summed E-state index contributed by atoms with van der Waals surface area (Å²) >= 11 is 0. The minimum Gasteiger partial charge on any atom is -0.480 e. The highest BCUT2D eigenvalue weighted by atomic mass is 16.5. The third kappa shape index (κ3) is 4.37. The lowest BCUT2D eigenvalue weighted by Gasteiger charge is -2.27. The van der Waals surface area contributed by atoms with Gasteiger partial charge in [0.1, 0.15) is 6.04 Å². The molecule has 0 radical (unpaired) electrons. The summed E-state index contributed by atoms with van der Waals surface area (Å²) in [5.74, 6) is -1.04. The predicted molar refractivity (Wildman–Crippen MR) is 66.4 cm³/mol. The van der Waals surface area contributed by atoms with Crippen LogP contribution in [0, 0.1) is 0 Å². The molecular weight excluding hydrogens is 236 g/mol. The van der Waals surface area contributed by atoms with Crippen LogP contribution in [0.2, 0.25) is 0 Å². The van der Waals surface area contributed by atoms with E-state index in [0.29, 0.717) is 19.7 Å². The van der Waals surface area contributed by atoms with Crippen LogP contribution in [0.15, 0.2) is 11.6 Å². The van der Waals surface area contributed by atoms with Crippen molar-refractivity contribution in [3.05, 3.63) is 11.6 Å². The molecule has 0 aliphatic carbocycles. The molecule has 0 spiro atoms. The smallest absolute Gasteiger partial charge is 0.326 e. The Kier molecular flexibility index (Phi) is 5.64. The van der Waals surface area contributed by atoms with Crippen LogP contribution < -0.4 is 5.32 Å². The maximum Gasteiger partial charge on any atom is 0.326 e. The molecule has 0 saturated heterocycles. The molecule has 2 N–H and O–H groups in total. The largest absolute Gasteiger partial charge is 0.480 e. The van der Waals surface area contributed by atoms with E-state index in [1.165, 1.54) is 12.7 Å². The minimum absolute atomic E-state index is 0.264. The van der Waals surface area contributed by atoms with Gasteiger partial charge in [0.05, 0.1) is 0 Å². The first-order valence-corrected chi connectivity index (χ1v) is 5.97. The van der Waals surface area contributed by atoms with Crippen LogP contribution in [-0.4, -0.2) is 54.9 Å². The number of carboxylic acid groups (broad SMARTS) is 1. The van der Waals surface area contributed by atoms with Crippen molar-refractivity contribution in [2.45, 2.75) is 25.8 Å². The van der Waals surface area contributed by atoms with Gasteiger partial charge in [0.15, 0.2) is 0 Å². The molecule has 2 amide bonds. The second-order valence-electron chi connectivity index (χ2n) is 4.37. The highest BCUT2D eigenvalue weighted by molar-refractivity contribution is 5.82. The van der Waals surface area contributed by atoms with Gasteiger partial charge in [-0.05, 0) is 13.3 Å². The summed E-state index contributed by atoms with van der Waals surface area (Å²) < 4.78 is 4.83. The van der Waals surface area contributed by atoms with Crippen LogP contribution in [0.5, 0.6) is 0 Å². The molecule has 1 aliphatic heterocycles. The Morgan fingerprint density at radius 2 is 2.33 bits per heavy atom. The molecule has 0 aromatic heterocycles. The lowest BCUT2D eigenvalue weighted by molar-refractivity contribution is -0.139. The lowest BCUT2D eigenvalue weighted by atomic mass is 10.1. The summed E-state index contributed by atoms with van der Waals surface area (Å²) in [6, 6.07) is -1.23.